The number of carbonyl (C=O) groups is 1. The molecule has 0 spiro atoms. The van der Waals surface area contributed by atoms with Crippen LogP contribution in [0.3, 0.4) is 0 Å². The number of nitrogens with zero attached hydrogens (tertiary/aromatic N) is 5. The first-order valence-electron chi connectivity index (χ1n) is 7.96. The number of carbonyl (C=O) groups excluding carboxylic acids is 1. The summed E-state index contributed by atoms with van der Waals surface area (Å²) in [5, 5.41) is 8.26. The Kier molecular flexibility index (Phi) is 4.36. The molecule has 0 radical (unpaired) electrons. The van der Waals surface area contributed by atoms with Crippen molar-refractivity contribution in [2.45, 2.75) is 39.5 Å². The van der Waals surface area contributed by atoms with E-state index in [0.29, 0.717) is 17.6 Å². The van der Waals surface area contributed by atoms with Crippen LogP contribution in [0.4, 0.5) is 0 Å². The summed E-state index contributed by atoms with van der Waals surface area (Å²) in [6.45, 7) is 7.18. The topological polar surface area (TPSA) is 85.0 Å². The molecule has 7 nitrogen and oxygen atoms in total. The molecule has 0 aliphatic carbocycles. The molecule has 23 heavy (non-hydrogen) atoms. The lowest BCUT2D eigenvalue weighted by molar-refractivity contribution is -0.135. The van der Waals surface area contributed by atoms with Crippen molar-refractivity contribution in [3.8, 4) is 11.5 Å². The number of hydrogen-bond acceptors (Lipinski definition) is 6. The molecular weight excluding hydrogens is 294 g/mol. The highest BCUT2D eigenvalue weighted by Gasteiger charge is 2.28. The fraction of sp³-hybridized carbons (Fsp3) is 0.562. The molecule has 2 aromatic heterocycles. The number of aromatic nitrogens is 4. The van der Waals surface area contributed by atoms with Gasteiger partial charge in [-0.1, -0.05) is 13.8 Å². The maximum atomic E-state index is 12.0. The summed E-state index contributed by atoms with van der Waals surface area (Å²) in [5.41, 5.74) is 0.724. The molecule has 0 unspecified atom stereocenters. The van der Waals surface area contributed by atoms with Crippen LogP contribution in [0.25, 0.3) is 11.5 Å². The van der Waals surface area contributed by atoms with Crippen molar-refractivity contribution in [3.63, 3.8) is 0 Å². The number of piperidine rings is 1. The van der Waals surface area contributed by atoms with Gasteiger partial charge in [-0.2, -0.15) is 0 Å². The second-order valence-corrected chi connectivity index (χ2v) is 6.22. The van der Waals surface area contributed by atoms with Crippen LogP contribution in [0.15, 0.2) is 16.8 Å². The molecule has 0 saturated carbocycles. The van der Waals surface area contributed by atoms with Crippen molar-refractivity contribution in [2.24, 2.45) is 5.92 Å². The van der Waals surface area contributed by atoms with Crippen molar-refractivity contribution in [2.75, 3.05) is 13.1 Å². The molecule has 1 aliphatic rings. The van der Waals surface area contributed by atoms with Gasteiger partial charge in [0, 0.05) is 37.3 Å². The minimum atomic E-state index is 0.0445. The lowest BCUT2D eigenvalue weighted by atomic mass is 9.96. The Labute approximate surface area is 135 Å². The smallest absolute Gasteiger partial charge is 0.250 e. The van der Waals surface area contributed by atoms with E-state index in [-0.39, 0.29) is 17.7 Å². The summed E-state index contributed by atoms with van der Waals surface area (Å²) in [6.07, 6.45) is 5.07. The average molecular weight is 315 g/mol. The van der Waals surface area contributed by atoms with Gasteiger partial charge in [0.15, 0.2) is 0 Å². The Morgan fingerprint density at radius 3 is 2.48 bits per heavy atom. The summed E-state index contributed by atoms with van der Waals surface area (Å²) in [5.74, 6) is 2.25. The summed E-state index contributed by atoms with van der Waals surface area (Å²) < 4.78 is 5.79. The van der Waals surface area contributed by atoms with Gasteiger partial charge >= 0.3 is 0 Å². The van der Waals surface area contributed by atoms with E-state index >= 15 is 0 Å². The average Bonchev–Trinajstić information content (AvgIpc) is 3.05. The van der Waals surface area contributed by atoms with Crippen molar-refractivity contribution in [1.29, 1.82) is 0 Å². The molecule has 0 N–H and O–H groups in total. The van der Waals surface area contributed by atoms with Gasteiger partial charge in [0.2, 0.25) is 11.8 Å². The molecule has 1 saturated heterocycles. The van der Waals surface area contributed by atoms with Crippen LogP contribution in [0.1, 0.15) is 44.3 Å². The molecule has 0 atom stereocenters. The van der Waals surface area contributed by atoms with E-state index in [0.717, 1.165) is 31.5 Å². The maximum Gasteiger partial charge on any atom is 0.250 e. The molecule has 0 bridgehead atoms. The molecule has 3 rings (SSSR count). The normalized spacial score (nSPS) is 16.1. The monoisotopic (exact) mass is 315 g/mol. The van der Waals surface area contributed by atoms with Crippen LogP contribution < -0.4 is 0 Å². The van der Waals surface area contributed by atoms with Gasteiger partial charge in [-0.3, -0.25) is 4.79 Å². The van der Waals surface area contributed by atoms with Gasteiger partial charge in [-0.15, -0.1) is 10.2 Å². The molecule has 122 valence electrons. The van der Waals surface area contributed by atoms with Crippen LogP contribution in [0.2, 0.25) is 0 Å². The third-order valence-corrected chi connectivity index (χ3v) is 4.12. The van der Waals surface area contributed by atoms with Gasteiger partial charge in [-0.25, -0.2) is 9.97 Å². The number of aryl methyl sites for hydroxylation is 1. The van der Waals surface area contributed by atoms with Gasteiger partial charge in [0.1, 0.15) is 5.82 Å². The first-order valence-corrected chi connectivity index (χ1v) is 7.96. The van der Waals surface area contributed by atoms with Crippen molar-refractivity contribution in [1.82, 2.24) is 25.1 Å². The van der Waals surface area contributed by atoms with Gasteiger partial charge < -0.3 is 9.32 Å². The Morgan fingerprint density at radius 2 is 1.87 bits per heavy atom. The highest BCUT2D eigenvalue weighted by molar-refractivity contribution is 5.78. The summed E-state index contributed by atoms with van der Waals surface area (Å²) >= 11 is 0. The Morgan fingerprint density at radius 1 is 1.22 bits per heavy atom. The van der Waals surface area contributed by atoms with Crippen LogP contribution in [-0.4, -0.2) is 44.1 Å². The summed E-state index contributed by atoms with van der Waals surface area (Å²) in [6, 6.07) is 0. The van der Waals surface area contributed by atoms with Gasteiger partial charge in [0.25, 0.3) is 5.89 Å². The lowest BCUT2D eigenvalue weighted by Crippen LogP contribution is -2.40. The highest BCUT2D eigenvalue weighted by atomic mass is 16.4. The quantitative estimate of drug-likeness (QED) is 0.863. The summed E-state index contributed by atoms with van der Waals surface area (Å²) in [7, 11) is 0. The third kappa shape index (κ3) is 3.38. The van der Waals surface area contributed by atoms with Crippen molar-refractivity contribution >= 4 is 5.91 Å². The standard InChI is InChI=1S/C16H21N5O2/c1-10(2)16(22)21-6-4-12(5-7-21)14-19-20-15(23-14)13-8-17-11(3)18-9-13/h8-10,12H,4-7H2,1-3H3. The van der Waals surface area contributed by atoms with Crippen molar-refractivity contribution in [3.05, 3.63) is 24.1 Å². The van der Waals surface area contributed by atoms with E-state index in [1.807, 2.05) is 25.7 Å². The zero-order valence-electron chi connectivity index (χ0n) is 13.7. The molecule has 0 aromatic carbocycles. The highest BCUT2D eigenvalue weighted by Crippen LogP contribution is 2.29. The molecule has 1 aliphatic heterocycles. The Bertz CT molecular complexity index is 672. The maximum absolute atomic E-state index is 12.0. The second-order valence-electron chi connectivity index (χ2n) is 6.22. The Hall–Kier alpha value is -2.31. The van der Waals surface area contributed by atoms with E-state index in [1.54, 1.807) is 12.4 Å². The molecule has 1 fully saturated rings. The third-order valence-electron chi connectivity index (χ3n) is 4.12. The van der Waals surface area contributed by atoms with Crippen molar-refractivity contribution < 1.29 is 9.21 Å². The first-order chi connectivity index (χ1) is 11.0. The number of hydrogen-bond donors (Lipinski definition) is 0. The lowest BCUT2D eigenvalue weighted by Gasteiger charge is -2.31. The second kappa shape index (κ2) is 6.44. The predicted octanol–water partition coefficient (Wildman–Crippen LogP) is 2.20. The number of likely N-dealkylation sites (tertiary alicyclic amines) is 1. The zero-order chi connectivity index (χ0) is 16.4. The van der Waals surface area contributed by atoms with E-state index in [2.05, 4.69) is 20.2 Å². The van der Waals surface area contributed by atoms with E-state index in [9.17, 15) is 4.79 Å². The SMILES string of the molecule is Cc1ncc(-c2nnc(C3CCN(C(=O)C(C)C)CC3)o2)cn1. The Balaban J connectivity index is 1.66. The molecular formula is C16H21N5O2. The largest absolute Gasteiger partial charge is 0.420 e. The van der Waals surface area contributed by atoms with Crippen LogP contribution >= 0.6 is 0 Å². The molecule has 1 amide bonds. The zero-order valence-corrected chi connectivity index (χ0v) is 13.7. The number of amides is 1. The minimum Gasteiger partial charge on any atom is -0.420 e. The van der Waals surface area contributed by atoms with Gasteiger partial charge in [0.05, 0.1) is 5.56 Å². The first kappa shape index (κ1) is 15.6. The van der Waals surface area contributed by atoms with Crippen LogP contribution in [0.5, 0.6) is 0 Å². The van der Waals surface area contributed by atoms with Crippen LogP contribution in [-0.2, 0) is 4.79 Å². The van der Waals surface area contributed by atoms with Gasteiger partial charge in [-0.05, 0) is 19.8 Å². The number of rotatable bonds is 3. The van der Waals surface area contributed by atoms with Crippen LogP contribution in [0, 0.1) is 12.8 Å². The fourth-order valence-corrected chi connectivity index (χ4v) is 2.73. The minimum absolute atomic E-state index is 0.0445. The molecule has 2 aromatic rings. The fourth-order valence-electron chi connectivity index (χ4n) is 2.73. The molecule has 7 heteroatoms. The van der Waals surface area contributed by atoms with E-state index in [1.165, 1.54) is 0 Å². The molecule has 3 heterocycles. The predicted molar refractivity (Wildman–Crippen MR) is 83.5 cm³/mol. The van der Waals surface area contributed by atoms with E-state index < -0.39 is 0 Å². The summed E-state index contributed by atoms with van der Waals surface area (Å²) in [4.78, 5) is 22.2. The van der Waals surface area contributed by atoms with E-state index in [4.69, 9.17) is 4.42 Å².